The van der Waals surface area contributed by atoms with E-state index in [1.165, 1.54) is 6.42 Å². The summed E-state index contributed by atoms with van der Waals surface area (Å²) in [6, 6.07) is 14.9. The second-order valence-corrected chi connectivity index (χ2v) is 8.73. The average Bonchev–Trinajstić information content (AvgIpc) is 3.08. The summed E-state index contributed by atoms with van der Waals surface area (Å²) in [6.45, 7) is 4.58. The minimum atomic E-state index is 0.0754. The number of para-hydroxylation sites is 1. The van der Waals surface area contributed by atoms with E-state index < -0.39 is 0 Å². The van der Waals surface area contributed by atoms with Crippen LogP contribution < -0.4 is 0 Å². The van der Waals surface area contributed by atoms with Gasteiger partial charge in [-0.1, -0.05) is 30.2 Å². The van der Waals surface area contributed by atoms with Gasteiger partial charge in [0.1, 0.15) is 5.75 Å². The number of fused-ring (bicyclic) bond motifs is 1. The quantitative estimate of drug-likeness (QED) is 0.614. The van der Waals surface area contributed by atoms with Crippen LogP contribution in [0.1, 0.15) is 40.9 Å². The van der Waals surface area contributed by atoms with Crippen LogP contribution in [0.25, 0.3) is 16.9 Å². The summed E-state index contributed by atoms with van der Waals surface area (Å²) in [4.78, 5) is 13.7. The Morgan fingerprint density at radius 1 is 0.935 bits per heavy atom. The largest absolute Gasteiger partial charge is 0.508 e. The van der Waals surface area contributed by atoms with Crippen LogP contribution in [0, 0.1) is 6.92 Å². The maximum atomic E-state index is 13.7. The summed E-state index contributed by atoms with van der Waals surface area (Å²) in [7, 11) is 0. The zero-order valence-electron chi connectivity index (χ0n) is 17.6. The third kappa shape index (κ3) is 3.42. The molecule has 1 fully saturated rings. The molecule has 0 unspecified atom stereocenters. The van der Waals surface area contributed by atoms with Gasteiger partial charge in [0.25, 0.3) is 5.91 Å². The highest BCUT2D eigenvalue weighted by atomic mass is 35.5. The van der Waals surface area contributed by atoms with Crippen molar-refractivity contribution in [2.75, 3.05) is 19.6 Å². The normalized spacial score (nSPS) is 17.1. The molecule has 3 aromatic rings. The molecule has 1 aromatic heterocycles. The Hall–Kier alpha value is -2.76. The van der Waals surface area contributed by atoms with Gasteiger partial charge in [0.2, 0.25) is 0 Å². The fourth-order valence-electron chi connectivity index (χ4n) is 4.96. The minimum Gasteiger partial charge on any atom is -0.508 e. The lowest BCUT2D eigenvalue weighted by molar-refractivity contribution is -0.0237. The van der Waals surface area contributed by atoms with Crippen molar-refractivity contribution in [3.8, 4) is 22.7 Å². The molecular weight excluding hydrogens is 410 g/mol. The van der Waals surface area contributed by atoms with Crippen LogP contribution in [0.2, 0.25) is 5.02 Å². The van der Waals surface area contributed by atoms with E-state index in [-0.39, 0.29) is 11.7 Å². The van der Waals surface area contributed by atoms with Gasteiger partial charge in [-0.25, -0.2) is 5.01 Å². The number of carbonyl (C=O) groups excluding carboxylic acids is 1. The molecule has 31 heavy (non-hydrogen) atoms. The summed E-state index contributed by atoms with van der Waals surface area (Å²) in [5.74, 6) is 0.292. The number of rotatable bonds is 3. The second-order valence-electron chi connectivity index (χ2n) is 8.32. The molecule has 2 aliphatic heterocycles. The number of amides is 1. The van der Waals surface area contributed by atoms with Crippen molar-refractivity contribution in [3.63, 3.8) is 0 Å². The smallest absolute Gasteiger partial charge is 0.270 e. The first-order chi connectivity index (χ1) is 15.1. The highest BCUT2D eigenvalue weighted by Crippen LogP contribution is 2.39. The molecule has 0 aliphatic carbocycles. The second kappa shape index (κ2) is 8.06. The van der Waals surface area contributed by atoms with E-state index in [0.29, 0.717) is 11.6 Å². The van der Waals surface area contributed by atoms with Crippen molar-refractivity contribution in [1.29, 1.82) is 0 Å². The van der Waals surface area contributed by atoms with E-state index in [0.717, 1.165) is 66.1 Å². The lowest BCUT2D eigenvalue weighted by atomic mass is 10.0. The van der Waals surface area contributed by atoms with Gasteiger partial charge in [0.15, 0.2) is 0 Å². The molecule has 0 radical (unpaired) electrons. The van der Waals surface area contributed by atoms with Gasteiger partial charge in [0.05, 0.1) is 22.0 Å². The van der Waals surface area contributed by atoms with E-state index in [1.807, 2.05) is 48.3 Å². The van der Waals surface area contributed by atoms with Crippen molar-refractivity contribution < 1.29 is 9.90 Å². The lowest BCUT2D eigenvalue weighted by Gasteiger charge is -2.39. The molecule has 1 saturated heterocycles. The Morgan fingerprint density at radius 3 is 2.35 bits per heavy atom. The van der Waals surface area contributed by atoms with E-state index in [4.69, 9.17) is 11.6 Å². The van der Waals surface area contributed by atoms with E-state index in [2.05, 4.69) is 9.58 Å². The number of halogens is 1. The molecule has 1 N–H and O–H groups in total. The number of phenols is 1. The molecule has 5 nitrogen and oxygen atoms in total. The molecule has 5 rings (SSSR count). The van der Waals surface area contributed by atoms with Crippen LogP contribution in [0.3, 0.4) is 0 Å². The molecule has 6 heteroatoms. The molecule has 160 valence electrons. The average molecular weight is 436 g/mol. The molecular formula is C25H26ClN3O2. The minimum absolute atomic E-state index is 0.0754. The Bertz CT molecular complexity index is 1130. The molecule has 1 amide bonds. The maximum Gasteiger partial charge on any atom is 0.270 e. The number of hydrogen-bond donors (Lipinski definition) is 1. The van der Waals surface area contributed by atoms with Crippen LogP contribution in [-0.4, -0.2) is 45.2 Å². The maximum absolute atomic E-state index is 13.7. The number of nitrogens with zero attached hydrogens (tertiary/aromatic N) is 3. The summed E-state index contributed by atoms with van der Waals surface area (Å²) >= 11 is 6.62. The molecule has 3 heterocycles. The first-order valence-electron chi connectivity index (χ1n) is 10.9. The van der Waals surface area contributed by atoms with E-state index in [1.54, 1.807) is 12.1 Å². The Kier molecular flexibility index (Phi) is 5.24. The SMILES string of the molecule is Cc1c2c(n(-c3ccccc3Cl)c1-c1ccc(O)cc1)CCN(N1CCCCC1)C2=O. The summed E-state index contributed by atoms with van der Waals surface area (Å²) < 4.78 is 2.14. The van der Waals surface area contributed by atoms with Crippen molar-refractivity contribution in [2.24, 2.45) is 0 Å². The first kappa shape index (κ1) is 20.2. The molecule has 0 bridgehead atoms. The van der Waals surface area contributed by atoms with Crippen LogP contribution in [0.5, 0.6) is 5.75 Å². The summed E-state index contributed by atoms with van der Waals surface area (Å²) in [5.41, 5.74) is 5.50. The number of hydrogen-bond acceptors (Lipinski definition) is 3. The number of piperidine rings is 1. The number of benzene rings is 2. The number of phenolic OH excluding ortho intramolecular Hbond substituents is 1. The van der Waals surface area contributed by atoms with Crippen molar-refractivity contribution in [2.45, 2.75) is 32.6 Å². The van der Waals surface area contributed by atoms with Crippen LogP contribution in [-0.2, 0) is 6.42 Å². The molecule has 0 saturated carbocycles. The highest BCUT2D eigenvalue weighted by molar-refractivity contribution is 6.32. The van der Waals surface area contributed by atoms with Crippen LogP contribution in [0.4, 0.5) is 0 Å². The zero-order chi connectivity index (χ0) is 21.5. The predicted octanol–water partition coefficient (Wildman–Crippen LogP) is 5.21. The van der Waals surface area contributed by atoms with E-state index >= 15 is 0 Å². The lowest BCUT2D eigenvalue weighted by Crippen LogP contribution is -2.51. The first-order valence-corrected chi connectivity index (χ1v) is 11.3. The van der Waals surface area contributed by atoms with Gasteiger partial charge >= 0.3 is 0 Å². The zero-order valence-corrected chi connectivity index (χ0v) is 18.4. The highest BCUT2D eigenvalue weighted by Gasteiger charge is 2.36. The number of aromatic nitrogens is 1. The Balaban J connectivity index is 1.70. The molecule has 0 atom stereocenters. The topological polar surface area (TPSA) is 48.7 Å². The third-order valence-electron chi connectivity index (χ3n) is 6.43. The van der Waals surface area contributed by atoms with E-state index in [9.17, 15) is 9.90 Å². The monoisotopic (exact) mass is 435 g/mol. The summed E-state index contributed by atoms with van der Waals surface area (Å²) in [6.07, 6.45) is 4.27. The molecule has 2 aromatic carbocycles. The molecule has 0 spiro atoms. The van der Waals surface area contributed by atoms with Gasteiger partial charge < -0.3 is 9.67 Å². The number of carbonyl (C=O) groups is 1. The Morgan fingerprint density at radius 2 is 1.65 bits per heavy atom. The predicted molar refractivity (Wildman–Crippen MR) is 123 cm³/mol. The van der Waals surface area contributed by atoms with Gasteiger partial charge in [0, 0.05) is 31.7 Å². The Labute approximate surface area is 187 Å². The van der Waals surface area contributed by atoms with Gasteiger partial charge in [-0.2, -0.15) is 0 Å². The van der Waals surface area contributed by atoms with Crippen molar-refractivity contribution in [3.05, 3.63) is 70.4 Å². The standard InChI is InChI=1S/C25H26ClN3O2/c1-17-23-22(13-16-28(25(23)31)27-14-5-2-6-15-27)29(21-8-4-3-7-20(21)26)24(17)18-9-11-19(30)12-10-18/h3-4,7-12,30H,2,5-6,13-16H2,1H3. The summed E-state index contributed by atoms with van der Waals surface area (Å²) in [5, 5.41) is 14.6. The van der Waals surface area contributed by atoms with Crippen molar-refractivity contribution >= 4 is 17.5 Å². The number of hydrazine groups is 1. The van der Waals surface area contributed by atoms with Gasteiger partial charge in [-0.15, -0.1) is 0 Å². The molecule has 2 aliphatic rings. The van der Waals surface area contributed by atoms with Crippen molar-refractivity contribution in [1.82, 2.24) is 14.6 Å². The fourth-order valence-corrected chi connectivity index (χ4v) is 5.18. The number of aromatic hydroxyl groups is 1. The van der Waals surface area contributed by atoms with Crippen LogP contribution >= 0.6 is 11.6 Å². The van der Waals surface area contributed by atoms with Gasteiger partial charge in [-0.05, 0) is 67.3 Å². The fraction of sp³-hybridized carbons (Fsp3) is 0.320. The van der Waals surface area contributed by atoms with Crippen LogP contribution in [0.15, 0.2) is 48.5 Å². The van der Waals surface area contributed by atoms with Gasteiger partial charge in [-0.3, -0.25) is 9.80 Å². The third-order valence-corrected chi connectivity index (χ3v) is 6.75.